The number of benzene rings is 2. The molecule has 0 bridgehead atoms. The lowest BCUT2D eigenvalue weighted by Gasteiger charge is -2.15. The van der Waals surface area contributed by atoms with Gasteiger partial charge in [-0.25, -0.2) is 9.98 Å². The Morgan fingerprint density at radius 2 is 1.85 bits per heavy atom. The third-order valence-electron chi connectivity index (χ3n) is 4.56. The fourth-order valence-electron chi connectivity index (χ4n) is 3.16. The maximum absolute atomic E-state index is 10.7. The van der Waals surface area contributed by atoms with E-state index in [1.54, 1.807) is 18.3 Å². The molecule has 0 amide bonds. The number of aliphatic imine (C=N–C) groups is 1. The molecular formula is C20H17N3O2S. The van der Waals surface area contributed by atoms with Crippen LogP contribution >= 0.6 is 11.3 Å². The Morgan fingerprint density at radius 3 is 2.62 bits per heavy atom. The molecule has 0 N–H and O–H groups in total. The van der Waals surface area contributed by atoms with Crippen molar-refractivity contribution < 1.29 is 4.92 Å². The van der Waals surface area contributed by atoms with Gasteiger partial charge in [-0.3, -0.25) is 10.1 Å². The van der Waals surface area contributed by atoms with Crippen molar-refractivity contribution in [3.63, 3.8) is 0 Å². The third kappa shape index (κ3) is 3.55. The molecule has 1 aliphatic rings. The molecule has 2 aromatic carbocycles. The number of aromatic nitrogens is 1. The van der Waals surface area contributed by atoms with Gasteiger partial charge in [-0.05, 0) is 60.6 Å². The summed E-state index contributed by atoms with van der Waals surface area (Å²) >= 11 is 1.49. The van der Waals surface area contributed by atoms with Gasteiger partial charge in [0.1, 0.15) is 0 Å². The van der Waals surface area contributed by atoms with Crippen LogP contribution < -0.4 is 0 Å². The molecule has 0 spiro atoms. The molecule has 6 heteroatoms. The minimum absolute atomic E-state index is 0.0751. The van der Waals surface area contributed by atoms with Gasteiger partial charge in [0.25, 0.3) is 5.69 Å². The first-order valence-corrected chi connectivity index (χ1v) is 9.43. The molecular weight excluding hydrogens is 346 g/mol. The van der Waals surface area contributed by atoms with E-state index >= 15 is 0 Å². The number of nitro benzene ring substituents is 1. The molecule has 3 aromatic rings. The van der Waals surface area contributed by atoms with Crippen LogP contribution in [0.25, 0.3) is 11.3 Å². The first kappa shape index (κ1) is 16.6. The van der Waals surface area contributed by atoms with E-state index < -0.39 is 4.92 Å². The molecule has 4 rings (SSSR count). The lowest BCUT2D eigenvalue weighted by atomic mass is 9.90. The molecule has 0 fully saturated rings. The Morgan fingerprint density at radius 1 is 1.08 bits per heavy atom. The second-order valence-corrected chi connectivity index (χ2v) is 7.15. The van der Waals surface area contributed by atoms with Crippen molar-refractivity contribution in [3.05, 3.63) is 74.6 Å². The van der Waals surface area contributed by atoms with Crippen molar-refractivity contribution >= 4 is 28.4 Å². The van der Waals surface area contributed by atoms with Gasteiger partial charge in [-0.15, -0.1) is 11.3 Å². The number of nitrogens with zero attached hydrogens (tertiary/aromatic N) is 3. The Balaban J connectivity index is 1.52. The van der Waals surface area contributed by atoms with Crippen LogP contribution in [-0.4, -0.2) is 16.1 Å². The zero-order chi connectivity index (χ0) is 17.9. The van der Waals surface area contributed by atoms with E-state index in [9.17, 15) is 10.1 Å². The van der Waals surface area contributed by atoms with E-state index in [2.05, 4.69) is 28.2 Å². The number of thiazole rings is 1. The summed E-state index contributed by atoms with van der Waals surface area (Å²) in [5.74, 6) is 0. The van der Waals surface area contributed by atoms with Crippen LogP contribution in [0.3, 0.4) is 0 Å². The summed E-state index contributed by atoms with van der Waals surface area (Å²) in [4.78, 5) is 19.3. The summed E-state index contributed by atoms with van der Waals surface area (Å²) in [5, 5.41) is 13.4. The fraction of sp³-hybridized carbons (Fsp3) is 0.200. The quantitative estimate of drug-likeness (QED) is 0.356. The molecule has 0 saturated carbocycles. The number of hydrogen-bond acceptors (Lipinski definition) is 5. The van der Waals surface area contributed by atoms with Crippen LogP contribution in [-0.2, 0) is 12.8 Å². The third-order valence-corrected chi connectivity index (χ3v) is 5.31. The van der Waals surface area contributed by atoms with Crippen LogP contribution in [0, 0.1) is 10.1 Å². The van der Waals surface area contributed by atoms with Crippen molar-refractivity contribution in [1.82, 2.24) is 4.98 Å². The highest BCUT2D eigenvalue weighted by Gasteiger charge is 2.11. The summed E-state index contributed by atoms with van der Waals surface area (Å²) in [5.41, 5.74) is 5.87. The molecule has 0 aliphatic heterocycles. The van der Waals surface area contributed by atoms with Gasteiger partial charge in [0.05, 0.1) is 10.6 Å². The zero-order valence-electron chi connectivity index (χ0n) is 14.1. The van der Waals surface area contributed by atoms with Crippen molar-refractivity contribution in [2.75, 3.05) is 0 Å². The molecule has 5 nitrogen and oxygen atoms in total. The minimum Gasteiger partial charge on any atom is -0.258 e. The van der Waals surface area contributed by atoms with E-state index in [0.717, 1.165) is 23.2 Å². The fourth-order valence-corrected chi connectivity index (χ4v) is 3.83. The molecule has 130 valence electrons. The Bertz CT molecular complexity index is 977. The Kier molecular flexibility index (Phi) is 4.58. The van der Waals surface area contributed by atoms with Gasteiger partial charge in [0, 0.05) is 29.3 Å². The standard InChI is InChI=1S/C20H17N3O2S/c24-23(25)18-9-5-14(6-10-18)12-21-20-22-19(13-26-20)17-8-7-15-3-1-2-4-16(15)11-17/h5-13H,1-4H2/b21-12+. The summed E-state index contributed by atoms with van der Waals surface area (Å²) in [6.45, 7) is 0. The second-order valence-electron chi connectivity index (χ2n) is 6.31. The van der Waals surface area contributed by atoms with Gasteiger partial charge in [-0.2, -0.15) is 0 Å². The lowest BCUT2D eigenvalue weighted by Crippen LogP contribution is -2.02. The first-order valence-electron chi connectivity index (χ1n) is 8.55. The lowest BCUT2D eigenvalue weighted by molar-refractivity contribution is -0.384. The zero-order valence-corrected chi connectivity index (χ0v) is 14.9. The predicted octanol–water partition coefficient (Wildman–Crippen LogP) is 5.35. The van der Waals surface area contributed by atoms with Gasteiger partial charge in [-0.1, -0.05) is 12.1 Å². The molecule has 1 aromatic heterocycles. The first-order chi connectivity index (χ1) is 12.7. The SMILES string of the molecule is O=[N+]([O-])c1ccc(/C=N/c2nc(-c3ccc4c(c3)CCCC4)cs2)cc1. The average Bonchev–Trinajstić information content (AvgIpc) is 3.15. The predicted molar refractivity (Wildman–Crippen MR) is 105 cm³/mol. The number of fused-ring (bicyclic) bond motifs is 1. The molecule has 1 heterocycles. The van der Waals surface area contributed by atoms with Gasteiger partial charge in [0.15, 0.2) is 0 Å². The molecule has 1 aliphatic carbocycles. The number of hydrogen-bond donors (Lipinski definition) is 0. The number of rotatable bonds is 4. The van der Waals surface area contributed by atoms with Gasteiger partial charge < -0.3 is 0 Å². The highest BCUT2D eigenvalue weighted by molar-refractivity contribution is 7.13. The summed E-state index contributed by atoms with van der Waals surface area (Å²) < 4.78 is 0. The number of aryl methyl sites for hydroxylation is 2. The van der Waals surface area contributed by atoms with Crippen LogP contribution in [0.4, 0.5) is 10.8 Å². The molecule has 0 atom stereocenters. The van der Waals surface area contributed by atoms with Crippen molar-refractivity contribution in [3.8, 4) is 11.3 Å². The van der Waals surface area contributed by atoms with Crippen molar-refractivity contribution in [2.45, 2.75) is 25.7 Å². The monoisotopic (exact) mass is 363 g/mol. The largest absolute Gasteiger partial charge is 0.269 e. The van der Waals surface area contributed by atoms with Gasteiger partial charge >= 0.3 is 0 Å². The van der Waals surface area contributed by atoms with E-state index in [-0.39, 0.29) is 5.69 Å². The van der Waals surface area contributed by atoms with E-state index in [1.807, 2.05) is 5.38 Å². The smallest absolute Gasteiger partial charge is 0.258 e. The highest BCUT2D eigenvalue weighted by Crippen LogP contribution is 2.30. The van der Waals surface area contributed by atoms with E-state index in [4.69, 9.17) is 0 Å². The van der Waals surface area contributed by atoms with Crippen molar-refractivity contribution in [2.24, 2.45) is 4.99 Å². The molecule has 26 heavy (non-hydrogen) atoms. The highest BCUT2D eigenvalue weighted by atomic mass is 32.1. The van der Waals surface area contributed by atoms with E-state index in [0.29, 0.717) is 5.13 Å². The summed E-state index contributed by atoms with van der Waals surface area (Å²) in [7, 11) is 0. The van der Waals surface area contributed by atoms with Crippen molar-refractivity contribution in [1.29, 1.82) is 0 Å². The Hall–Kier alpha value is -2.86. The van der Waals surface area contributed by atoms with Crippen LogP contribution in [0.15, 0.2) is 52.8 Å². The normalized spacial score (nSPS) is 13.7. The average molecular weight is 363 g/mol. The summed E-state index contributed by atoms with van der Waals surface area (Å²) in [6.07, 6.45) is 6.55. The van der Waals surface area contributed by atoms with E-state index in [1.165, 1.54) is 53.9 Å². The van der Waals surface area contributed by atoms with Gasteiger partial charge in [0.2, 0.25) is 5.13 Å². The molecule has 0 saturated heterocycles. The minimum atomic E-state index is -0.410. The topological polar surface area (TPSA) is 68.4 Å². The molecule has 0 unspecified atom stereocenters. The Labute approximate surface area is 155 Å². The van der Waals surface area contributed by atoms with Crippen LogP contribution in [0.2, 0.25) is 0 Å². The second kappa shape index (κ2) is 7.17. The summed E-state index contributed by atoms with van der Waals surface area (Å²) in [6, 6.07) is 12.9. The number of nitro groups is 1. The maximum atomic E-state index is 10.7. The maximum Gasteiger partial charge on any atom is 0.269 e. The van der Waals surface area contributed by atoms with Crippen LogP contribution in [0.1, 0.15) is 29.5 Å². The van der Waals surface area contributed by atoms with Crippen LogP contribution in [0.5, 0.6) is 0 Å². The molecule has 0 radical (unpaired) electrons. The number of non-ortho nitro benzene ring substituents is 1.